The number of nitro groups is 1. The first-order valence-electron chi connectivity index (χ1n) is 4.90. The molecule has 7 heteroatoms. The summed E-state index contributed by atoms with van der Waals surface area (Å²) in [5, 5.41) is 17.8. The van der Waals surface area contributed by atoms with E-state index in [1.165, 1.54) is 18.2 Å². The van der Waals surface area contributed by atoms with Gasteiger partial charge in [-0.1, -0.05) is 18.5 Å². The van der Waals surface area contributed by atoms with Crippen molar-refractivity contribution in [3.63, 3.8) is 0 Å². The van der Waals surface area contributed by atoms with Crippen LogP contribution in [0, 0.1) is 15.5 Å². The van der Waals surface area contributed by atoms with Crippen molar-refractivity contribution >= 4 is 23.1 Å². The summed E-state index contributed by atoms with van der Waals surface area (Å²) in [7, 11) is 0. The number of ether oxygens (including phenoxy) is 1. The monoisotopic (exact) mass is 257 g/mol. The Kier molecular flexibility index (Phi) is 4.28. The van der Waals surface area contributed by atoms with Gasteiger partial charge in [0.25, 0.3) is 5.69 Å². The molecule has 1 atom stereocenters. The molecule has 0 bridgehead atoms. The van der Waals surface area contributed by atoms with Gasteiger partial charge in [-0.05, 0) is 12.5 Å². The number of nitrogens with zero attached hydrogens (tertiary/aromatic N) is 1. The molecule has 1 rings (SSSR count). The third-order valence-corrected chi connectivity index (χ3v) is 2.41. The molecule has 0 heterocycles. The van der Waals surface area contributed by atoms with Gasteiger partial charge in [-0.15, -0.1) is 0 Å². The summed E-state index contributed by atoms with van der Waals surface area (Å²) < 4.78 is 5.38. The van der Waals surface area contributed by atoms with Crippen LogP contribution < -0.4 is 10.5 Å². The lowest BCUT2D eigenvalue weighted by Crippen LogP contribution is -2.32. The van der Waals surface area contributed by atoms with Crippen molar-refractivity contribution in [2.45, 2.75) is 19.4 Å². The molecule has 0 saturated carbocycles. The van der Waals surface area contributed by atoms with Crippen LogP contribution >= 0.6 is 11.6 Å². The molecule has 0 spiro atoms. The van der Waals surface area contributed by atoms with Crippen LogP contribution in [-0.4, -0.2) is 16.9 Å². The van der Waals surface area contributed by atoms with Gasteiger partial charge in [-0.2, -0.15) is 0 Å². The van der Waals surface area contributed by atoms with E-state index in [4.69, 9.17) is 27.5 Å². The summed E-state index contributed by atoms with van der Waals surface area (Å²) in [6, 6.07) is 4.02. The van der Waals surface area contributed by atoms with Crippen LogP contribution in [0.3, 0.4) is 0 Å². The van der Waals surface area contributed by atoms with Crippen molar-refractivity contribution < 1.29 is 9.66 Å². The largest absolute Gasteiger partial charge is 0.483 e. The lowest BCUT2D eigenvalue weighted by atomic mass is 10.2. The first-order valence-corrected chi connectivity index (χ1v) is 5.28. The molecule has 0 aromatic heterocycles. The summed E-state index contributed by atoms with van der Waals surface area (Å²) in [6.07, 6.45) is -0.0169. The van der Waals surface area contributed by atoms with Crippen LogP contribution in [-0.2, 0) is 0 Å². The highest BCUT2D eigenvalue weighted by molar-refractivity contribution is 6.32. The molecule has 0 aliphatic carbocycles. The molecular weight excluding hydrogens is 246 g/mol. The summed E-state index contributed by atoms with van der Waals surface area (Å²) in [4.78, 5) is 9.97. The number of nitrogens with one attached hydrogen (secondary N) is 1. The fourth-order valence-corrected chi connectivity index (χ4v) is 1.48. The molecule has 0 radical (unpaired) electrons. The fraction of sp³-hybridized carbons (Fsp3) is 0.300. The zero-order chi connectivity index (χ0) is 13.0. The zero-order valence-electron chi connectivity index (χ0n) is 9.14. The smallest absolute Gasteiger partial charge is 0.288 e. The average Bonchev–Trinajstić information content (AvgIpc) is 2.24. The number of nitro benzene ring substituents is 1. The van der Waals surface area contributed by atoms with E-state index in [0.29, 0.717) is 12.2 Å². The van der Waals surface area contributed by atoms with E-state index in [9.17, 15) is 10.1 Å². The van der Waals surface area contributed by atoms with Gasteiger partial charge in [-0.25, -0.2) is 0 Å². The third-order valence-electron chi connectivity index (χ3n) is 2.11. The Morgan fingerprint density at radius 3 is 2.76 bits per heavy atom. The molecule has 17 heavy (non-hydrogen) atoms. The number of hydrogen-bond donors (Lipinski definition) is 2. The second kappa shape index (κ2) is 5.49. The first kappa shape index (κ1) is 13.2. The van der Waals surface area contributed by atoms with E-state index in [2.05, 4.69) is 0 Å². The molecule has 0 aliphatic heterocycles. The first-order chi connectivity index (χ1) is 7.95. The van der Waals surface area contributed by atoms with Crippen molar-refractivity contribution in [3.05, 3.63) is 33.3 Å². The Bertz CT molecular complexity index is 450. The van der Waals surface area contributed by atoms with Gasteiger partial charge < -0.3 is 10.5 Å². The molecule has 92 valence electrons. The molecular formula is C10H12ClN3O3. The van der Waals surface area contributed by atoms with Crippen LogP contribution in [0.1, 0.15) is 13.3 Å². The molecule has 0 amide bonds. The summed E-state index contributed by atoms with van der Waals surface area (Å²) in [5.41, 5.74) is 5.14. The van der Waals surface area contributed by atoms with Gasteiger partial charge >= 0.3 is 0 Å². The number of nitrogens with two attached hydrogens (primary N) is 1. The van der Waals surface area contributed by atoms with Crippen LogP contribution in [0.25, 0.3) is 0 Å². The highest BCUT2D eigenvalue weighted by atomic mass is 35.5. The Morgan fingerprint density at radius 1 is 1.71 bits per heavy atom. The number of rotatable bonds is 5. The van der Waals surface area contributed by atoms with E-state index < -0.39 is 11.0 Å². The Hall–Kier alpha value is -1.82. The molecule has 6 nitrogen and oxygen atoms in total. The van der Waals surface area contributed by atoms with Crippen molar-refractivity contribution in [2.24, 2.45) is 5.73 Å². The second-order valence-corrected chi connectivity index (χ2v) is 3.75. The molecule has 3 N–H and O–H groups in total. The van der Waals surface area contributed by atoms with Crippen molar-refractivity contribution in [1.82, 2.24) is 0 Å². The van der Waals surface area contributed by atoms with E-state index in [1.54, 1.807) is 0 Å². The van der Waals surface area contributed by atoms with Crippen LogP contribution in [0.4, 0.5) is 5.69 Å². The Labute approximate surface area is 103 Å². The standard InChI is InChI=1S/C10H12ClN3O3/c1-2-9(10(12)13)17-6-3-4-8(14(15)16)7(11)5-6/h3-5,9H,2H2,1H3,(H3,12,13). The quantitative estimate of drug-likeness (QED) is 0.366. The predicted molar refractivity (Wildman–Crippen MR) is 64.7 cm³/mol. The van der Waals surface area contributed by atoms with Gasteiger partial charge in [0.1, 0.15) is 16.6 Å². The van der Waals surface area contributed by atoms with Crippen molar-refractivity contribution in [1.29, 1.82) is 5.41 Å². The van der Waals surface area contributed by atoms with Gasteiger partial charge in [0.05, 0.1) is 4.92 Å². The minimum absolute atomic E-state index is 0.00842. The van der Waals surface area contributed by atoms with Crippen LogP contribution in [0.15, 0.2) is 18.2 Å². The van der Waals surface area contributed by atoms with E-state index >= 15 is 0 Å². The SMILES string of the molecule is CCC(Oc1ccc([N+](=O)[O-])c(Cl)c1)C(=N)N. The van der Waals surface area contributed by atoms with Gasteiger partial charge in [-0.3, -0.25) is 15.5 Å². The van der Waals surface area contributed by atoms with Crippen molar-refractivity contribution in [3.8, 4) is 5.75 Å². The van der Waals surface area contributed by atoms with E-state index in [1.807, 2.05) is 6.92 Å². The lowest BCUT2D eigenvalue weighted by Gasteiger charge is -2.15. The van der Waals surface area contributed by atoms with Gasteiger partial charge in [0, 0.05) is 12.1 Å². The molecule has 0 saturated heterocycles. The summed E-state index contributed by atoms with van der Waals surface area (Å²) in [5.74, 6) is 0.254. The van der Waals surface area contributed by atoms with Gasteiger partial charge in [0.2, 0.25) is 0 Å². The summed E-state index contributed by atoms with van der Waals surface area (Å²) >= 11 is 5.72. The van der Waals surface area contributed by atoms with Crippen LogP contribution in [0.2, 0.25) is 5.02 Å². The highest BCUT2D eigenvalue weighted by Gasteiger charge is 2.15. The highest BCUT2D eigenvalue weighted by Crippen LogP contribution is 2.28. The average molecular weight is 258 g/mol. The fourth-order valence-electron chi connectivity index (χ4n) is 1.24. The number of hydrogen-bond acceptors (Lipinski definition) is 4. The lowest BCUT2D eigenvalue weighted by molar-refractivity contribution is -0.384. The molecule has 1 unspecified atom stereocenters. The maximum Gasteiger partial charge on any atom is 0.288 e. The van der Waals surface area contributed by atoms with Gasteiger partial charge in [0.15, 0.2) is 6.10 Å². The van der Waals surface area contributed by atoms with E-state index in [0.717, 1.165) is 0 Å². The van der Waals surface area contributed by atoms with Crippen molar-refractivity contribution in [2.75, 3.05) is 0 Å². The molecule has 1 aromatic carbocycles. The number of amidine groups is 1. The minimum atomic E-state index is -0.575. The predicted octanol–water partition coefficient (Wildman–Crippen LogP) is 2.34. The van der Waals surface area contributed by atoms with E-state index in [-0.39, 0.29) is 16.5 Å². The molecule has 0 fully saturated rings. The maximum absolute atomic E-state index is 10.5. The Balaban J connectivity index is 2.90. The second-order valence-electron chi connectivity index (χ2n) is 3.34. The third kappa shape index (κ3) is 3.32. The topological polar surface area (TPSA) is 102 Å². The number of halogens is 1. The molecule has 0 aliphatic rings. The Morgan fingerprint density at radius 2 is 2.35 bits per heavy atom. The molecule has 1 aromatic rings. The normalized spacial score (nSPS) is 11.9. The minimum Gasteiger partial charge on any atom is -0.483 e. The maximum atomic E-state index is 10.5. The zero-order valence-corrected chi connectivity index (χ0v) is 9.90. The number of benzene rings is 1. The van der Waals surface area contributed by atoms with Crippen LogP contribution in [0.5, 0.6) is 5.75 Å². The summed E-state index contributed by atoms with van der Waals surface area (Å²) in [6.45, 7) is 1.82.